The number of nitrogens with zero attached hydrogens (tertiary/aromatic N) is 3. The summed E-state index contributed by atoms with van der Waals surface area (Å²) in [5, 5.41) is 0. The highest BCUT2D eigenvalue weighted by Crippen LogP contribution is 2.30. The van der Waals surface area contributed by atoms with Gasteiger partial charge in [0, 0.05) is 12.0 Å². The summed E-state index contributed by atoms with van der Waals surface area (Å²) in [5.41, 5.74) is 3.28. The number of anilines is 1. The van der Waals surface area contributed by atoms with E-state index in [-0.39, 0.29) is 17.9 Å². The van der Waals surface area contributed by atoms with Gasteiger partial charge >= 0.3 is 0 Å². The monoisotopic (exact) mass is 569 g/mol. The second kappa shape index (κ2) is 11.8. The highest BCUT2D eigenvalue weighted by Gasteiger charge is 2.37. The van der Waals surface area contributed by atoms with E-state index in [1.165, 1.54) is 6.20 Å². The van der Waals surface area contributed by atoms with Gasteiger partial charge in [-0.3, -0.25) is 0 Å². The number of hydrogen-bond acceptors (Lipinski definition) is 6. The van der Waals surface area contributed by atoms with E-state index in [0.717, 1.165) is 11.1 Å². The third-order valence-corrected chi connectivity index (χ3v) is 10.3. The van der Waals surface area contributed by atoms with E-state index >= 15 is 0 Å². The molecule has 0 amide bonds. The molecule has 4 aromatic carbocycles. The van der Waals surface area contributed by atoms with Crippen molar-refractivity contribution >= 4 is 25.9 Å². The Kier molecular flexibility index (Phi) is 8.04. The number of aromatic nitrogens is 2. The lowest BCUT2D eigenvalue weighted by atomic mass is 10.1. The molecule has 40 heavy (non-hydrogen) atoms. The summed E-state index contributed by atoms with van der Waals surface area (Å²) in [6.45, 7) is 0. The van der Waals surface area contributed by atoms with Crippen molar-refractivity contribution in [2.75, 3.05) is 3.71 Å². The lowest BCUT2D eigenvalue weighted by Gasteiger charge is -2.25. The van der Waals surface area contributed by atoms with Crippen LogP contribution in [0.25, 0.3) is 11.3 Å². The van der Waals surface area contributed by atoms with Crippen molar-refractivity contribution in [3.8, 4) is 11.3 Å². The highest BCUT2D eigenvalue weighted by atomic mass is 32.3. The Balaban J connectivity index is 1.68. The summed E-state index contributed by atoms with van der Waals surface area (Å²) in [5.74, 6) is -1.26. The summed E-state index contributed by atoms with van der Waals surface area (Å²) in [6, 6.07) is 35.7. The fourth-order valence-electron chi connectivity index (χ4n) is 4.35. The van der Waals surface area contributed by atoms with Crippen molar-refractivity contribution in [2.45, 2.75) is 17.9 Å². The van der Waals surface area contributed by atoms with Gasteiger partial charge in [0.2, 0.25) is 0 Å². The zero-order valence-electron chi connectivity index (χ0n) is 21.5. The number of benzene rings is 4. The molecule has 0 aliphatic carbocycles. The first-order chi connectivity index (χ1) is 19.3. The largest absolute Gasteiger partial charge is 0.253 e. The molecule has 0 bridgehead atoms. The predicted octanol–water partition coefficient (Wildman–Crippen LogP) is 5.60. The number of sulfonamides is 2. The van der Waals surface area contributed by atoms with Gasteiger partial charge in [0.05, 0.1) is 29.1 Å². The van der Waals surface area contributed by atoms with Crippen LogP contribution in [-0.2, 0) is 38.0 Å². The minimum Gasteiger partial charge on any atom is -0.247 e. The molecule has 0 spiro atoms. The molecule has 0 saturated carbocycles. The van der Waals surface area contributed by atoms with Crippen LogP contribution in [-0.4, -0.2) is 26.8 Å². The second-order valence-electron chi connectivity index (χ2n) is 9.23. The molecular formula is C31H27N3O4S2. The highest BCUT2D eigenvalue weighted by molar-refractivity contribution is 8.09. The average Bonchev–Trinajstić information content (AvgIpc) is 2.95. The first-order valence-corrected chi connectivity index (χ1v) is 15.8. The Morgan fingerprint density at radius 2 is 0.975 bits per heavy atom. The molecule has 1 heterocycles. The van der Waals surface area contributed by atoms with Crippen molar-refractivity contribution in [3.05, 3.63) is 150 Å². The smallest absolute Gasteiger partial charge is 0.247 e. The zero-order valence-corrected chi connectivity index (χ0v) is 23.2. The molecule has 1 aromatic heterocycles. The third-order valence-electron chi connectivity index (χ3n) is 6.17. The maximum absolute atomic E-state index is 14.0. The van der Waals surface area contributed by atoms with Crippen molar-refractivity contribution in [1.82, 2.24) is 9.97 Å². The van der Waals surface area contributed by atoms with Crippen LogP contribution in [0.5, 0.6) is 0 Å². The van der Waals surface area contributed by atoms with Gasteiger partial charge in [0.15, 0.2) is 5.82 Å². The van der Waals surface area contributed by atoms with Crippen molar-refractivity contribution < 1.29 is 16.8 Å². The van der Waals surface area contributed by atoms with Crippen LogP contribution in [0.1, 0.15) is 22.4 Å². The molecule has 5 aromatic rings. The molecule has 0 atom stereocenters. The van der Waals surface area contributed by atoms with Crippen LogP contribution in [0.2, 0.25) is 0 Å². The van der Waals surface area contributed by atoms with E-state index < -0.39 is 31.6 Å². The summed E-state index contributed by atoms with van der Waals surface area (Å²) in [7, 11) is -8.91. The van der Waals surface area contributed by atoms with E-state index in [9.17, 15) is 16.8 Å². The molecule has 0 saturated heterocycles. The maximum Gasteiger partial charge on any atom is 0.253 e. The molecule has 0 radical (unpaired) electrons. The minimum atomic E-state index is -4.46. The molecule has 0 N–H and O–H groups in total. The van der Waals surface area contributed by atoms with Crippen molar-refractivity contribution in [2.24, 2.45) is 0 Å². The quantitative estimate of drug-likeness (QED) is 0.217. The fourth-order valence-corrected chi connectivity index (χ4v) is 8.35. The van der Waals surface area contributed by atoms with Crippen molar-refractivity contribution in [1.29, 1.82) is 0 Å². The topological polar surface area (TPSA) is 97.3 Å². The minimum absolute atomic E-state index is 0.183. The fraction of sp³-hybridized carbons (Fsp3) is 0.0968. The van der Waals surface area contributed by atoms with Crippen LogP contribution < -0.4 is 3.71 Å². The van der Waals surface area contributed by atoms with Crippen LogP contribution >= 0.6 is 0 Å². The third kappa shape index (κ3) is 6.44. The van der Waals surface area contributed by atoms with Gasteiger partial charge < -0.3 is 0 Å². The Hall–Kier alpha value is -4.34. The van der Waals surface area contributed by atoms with E-state index in [4.69, 9.17) is 4.98 Å². The van der Waals surface area contributed by atoms with Crippen LogP contribution in [0.4, 0.5) is 5.82 Å². The zero-order chi connectivity index (χ0) is 28.0. The summed E-state index contributed by atoms with van der Waals surface area (Å²) < 4.78 is 56.4. The van der Waals surface area contributed by atoms with Crippen molar-refractivity contribution in [3.63, 3.8) is 0 Å². The van der Waals surface area contributed by atoms with Gasteiger partial charge in [-0.1, -0.05) is 121 Å². The van der Waals surface area contributed by atoms with E-state index in [0.29, 0.717) is 20.5 Å². The normalized spacial score (nSPS) is 11.7. The van der Waals surface area contributed by atoms with Crippen LogP contribution in [0.3, 0.4) is 0 Å². The number of rotatable bonds is 10. The molecule has 7 nitrogen and oxygen atoms in total. The maximum atomic E-state index is 14.0. The molecule has 0 fully saturated rings. The van der Waals surface area contributed by atoms with E-state index in [1.807, 2.05) is 60.7 Å². The molecule has 0 aliphatic rings. The summed E-state index contributed by atoms with van der Waals surface area (Å²) in [4.78, 5) is 9.24. The average molecular weight is 570 g/mol. The molecule has 5 rings (SSSR count). The first-order valence-electron chi connectivity index (χ1n) is 12.6. The van der Waals surface area contributed by atoms with E-state index in [1.54, 1.807) is 60.7 Å². The lowest BCUT2D eigenvalue weighted by molar-refractivity contribution is 0.582. The first kappa shape index (κ1) is 27.2. The second-order valence-corrected chi connectivity index (χ2v) is 13.1. The molecule has 0 aliphatic heterocycles. The van der Waals surface area contributed by atoms with E-state index in [2.05, 4.69) is 4.98 Å². The standard InChI is InChI=1S/C31H27N3O4S2/c35-39(36,23-26-15-7-2-8-16-26)34(40(37,38)24-27-17-9-3-10-18-27)31-29(21-25-13-5-1-6-14-25)33-30(22-32-31)28-19-11-4-12-20-28/h1-20,22H,21,23-24H2. The van der Waals surface area contributed by atoms with Gasteiger partial charge in [-0.2, -0.15) is 0 Å². The molecule has 9 heteroatoms. The summed E-state index contributed by atoms with van der Waals surface area (Å²) >= 11 is 0. The van der Waals surface area contributed by atoms with Gasteiger partial charge in [-0.15, -0.1) is 3.71 Å². The number of hydrogen-bond donors (Lipinski definition) is 0. The van der Waals surface area contributed by atoms with Gasteiger partial charge in [0.1, 0.15) is 0 Å². The molecule has 202 valence electrons. The molecular weight excluding hydrogens is 542 g/mol. The van der Waals surface area contributed by atoms with Gasteiger partial charge in [-0.05, 0) is 16.7 Å². The Labute approximate surface area is 234 Å². The Morgan fingerprint density at radius 3 is 1.45 bits per heavy atom. The van der Waals surface area contributed by atoms with Gasteiger partial charge in [-0.25, -0.2) is 26.8 Å². The van der Waals surface area contributed by atoms with Crippen LogP contribution in [0, 0.1) is 0 Å². The summed E-state index contributed by atoms with van der Waals surface area (Å²) in [6.07, 6.45) is 1.60. The van der Waals surface area contributed by atoms with Gasteiger partial charge in [0.25, 0.3) is 20.0 Å². The van der Waals surface area contributed by atoms with Crippen LogP contribution in [0.15, 0.2) is 128 Å². The Bertz CT molecular complexity index is 1710. The SMILES string of the molecule is O=S(=O)(Cc1ccccc1)N(c1ncc(-c2ccccc2)nc1Cc1ccccc1)S(=O)(=O)Cc1ccccc1. The molecule has 0 unspecified atom stereocenters. The lowest BCUT2D eigenvalue weighted by Crippen LogP contribution is -2.40. The predicted molar refractivity (Wildman–Crippen MR) is 157 cm³/mol. The Morgan fingerprint density at radius 1 is 0.550 bits per heavy atom.